The molecule has 3 aromatic heterocycles. The lowest BCUT2D eigenvalue weighted by Crippen LogP contribution is -2.56. The third kappa shape index (κ3) is 5.72. The van der Waals surface area contributed by atoms with Crippen LogP contribution in [0.2, 0.25) is 0 Å². The minimum Gasteiger partial charge on any atom is -0.462 e. The Morgan fingerprint density at radius 1 is 1.02 bits per heavy atom. The molecule has 8 rings (SSSR count). The summed E-state index contributed by atoms with van der Waals surface area (Å²) in [7, 11) is 2.04. The second-order valence-corrected chi connectivity index (χ2v) is 13.8. The lowest BCUT2D eigenvalue weighted by atomic mass is 10.0. The number of rotatable bonds is 7. The number of nitrogens with zero attached hydrogens (tertiary/aromatic N) is 7. The number of thiazole rings is 1. The highest BCUT2D eigenvalue weighted by Gasteiger charge is 2.44. The molecule has 0 radical (unpaired) electrons. The van der Waals surface area contributed by atoms with Gasteiger partial charge in [-0.2, -0.15) is 9.97 Å². The molecule has 2 bridgehead atoms. The fraction of sp³-hybridized carbons (Fsp3) is 0.343. The van der Waals surface area contributed by atoms with Crippen molar-refractivity contribution in [3.8, 4) is 17.1 Å². The fourth-order valence-corrected chi connectivity index (χ4v) is 8.16. The highest BCUT2D eigenvalue weighted by molar-refractivity contribution is 7.22. The molecule has 1 amide bonds. The zero-order valence-corrected chi connectivity index (χ0v) is 27.5. The molecule has 2 aromatic carbocycles. The maximum absolute atomic E-state index is 16.7. The van der Waals surface area contributed by atoms with Gasteiger partial charge in [-0.05, 0) is 69.6 Å². The van der Waals surface area contributed by atoms with E-state index >= 15 is 8.78 Å². The van der Waals surface area contributed by atoms with Crippen LogP contribution in [-0.4, -0.2) is 87.1 Å². The van der Waals surface area contributed by atoms with Crippen molar-refractivity contribution in [3.05, 3.63) is 71.8 Å². The number of halogens is 3. The summed E-state index contributed by atoms with van der Waals surface area (Å²) in [6.45, 7) is 2.05. The van der Waals surface area contributed by atoms with E-state index < -0.39 is 23.4 Å². The summed E-state index contributed by atoms with van der Waals surface area (Å²) < 4.78 is 52.9. The Bertz CT molecular complexity index is 2100. The molecule has 49 heavy (non-hydrogen) atoms. The number of anilines is 2. The van der Waals surface area contributed by atoms with Gasteiger partial charge in [-0.1, -0.05) is 23.5 Å². The lowest BCUT2D eigenvalue weighted by Gasteiger charge is -2.41. The number of fused-ring (bicyclic) bond motifs is 4. The first-order valence-corrected chi connectivity index (χ1v) is 17.1. The molecule has 3 unspecified atom stereocenters. The van der Waals surface area contributed by atoms with E-state index in [4.69, 9.17) is 15.5 Å². The van der Waals surface area contributed by atoms with Gasteiger partial charge in [0.1, 0.15) is 23.8 Å². The summed E-state index contributed by atoms with van der Waals surface area (Å²) in [5.74, 6) is -2.16. The Hall–Kier alpha value is -4.82. The Morgan fingerprint density at radius 2 is 1.82 bits per heavy atom. The maximum atomic E-state index is 16.7. The molecule has 252 valence electrons. The van der Waals surface area contributed by atoms with E-state index in [1.807, 2.05) is 11.9 Å². The van der Waals surface area contributed by atoms with Crippen molar-refractivity contribution < 1.29 is 22.7 Å². The van der Waals surface area contributed by atoms with E-state index in [0.717, 1.165) is 36.8 Å². The van der Waals surface area contributed by atoms with Crippen molar-refractivity contribution in [1.82, 2.24) is 29.7 Å². The molecule has 3 saturated heterocycles. The number of nitrogens with two attached hydrogens (primary N) is 1. The molecular weight excluding hydrogens is 654 g/mol. The molecule has 14 heteroatoms. The number of likely N-dealkylation sites (tertiary alicyclic amines) is 1. The van der Waals surface area contributed by atoms with E-state index in [0.29, 0.717) is 55.0 Å². The number of amides is 1. The van der Waals surface area contributed by atoms with Crippen molar-refractivity contribution in [3.63, 3.8) is 0 Å². The molecule has 0 aliphatic carbocycles. The Labute approximate surface area is 284 Å². The lowest BCUT2D eigenvalue weighted by molar-refractivity contribution is -0.131. The van der Waals surface area contributed by atoms with Gasteiger partial charge in [0.05, 0.1) is 28.0 Å². The Morgan fingerprint density at radius 3 is 2.55 bits per heavy atom. The second-order valence-electron chi connectivity index (χ2n) is 12.8. The van der Waals surface area contributed by atoms with Gasteiger partial charge >= 0.3 is 6.01 Å². The van der Waals surface area contributed by atoms with Crippen LogP contribution in [0.4, 0.5) is 24.1 Å². The Kier molecular flexibility index (Phi) is 8.07. The van der Waals surface area contributed by atoms with Gasteiger partial charge in [-0.15, -0.1) is 0 Å². The van der Waals surface area contributed by atoms with E-state index in [9.17, 15) is 9.18 Å². The normalized spacial score (nSPS) is 21.3. The quantitative estimate of drug-likeness (QED) is 0.212. The smallest absolute Gasteiger partial charge is 0.319 e. The highest BCUT2D eigenvalue weighted by atomic mass is 32.1. The van der Waals surface area contributed by atoms with Gasteiger partial charge in [0.15, 0.2) is 16.8 Å². The van der Waals surface area contributed by atoms with Crippen LogP contribution in [0, 0.1) is 11.6 Å². The van der Waals surface area contributed by atoms with Crippen LogP contribution in [0.1, 0.15) is 31.4 Å². The van der Waals surface area contributed by atoms with Crippen LogP contribution in [0.25, 0.3) is 38.3 Å². The molecule has 0 saturated carbocycles. The van der Waals surface area contributed by atoms with Gasteiger partial charge in [-0.25, -0.2) is 18.2 Å². The summed E-state index contributed by atoms with van der Waals surface area (Å²) in [5, 5.41) is 0.641. The van der Waals surface area contributed by atoms with Gasteiger partial charge in [0.25, 0.3) is 5.91 Å². The van der Waals surface area contributed by atoms with Crippen LogP contribution < -0.4 is 15.4 Å². The number of carbonyl (C=O) groups excluding carboxylic acids is 1. The molecule has 3 aliphatic rings. The standard InChI is InChI=1S/C35H33F3N8O2S/c1-44-14-4-6-22(44)18-48-35-42-29-25(10-9-23(28(29)38)24-11-12-26(36)31-30(24)41-34(39)49-31)32(43-35)45-16-20-7-8-21(17-45)46(20)33(47)27(37)15-19-5-2-3-13-40-19/h2-3,5,9-13,15,20-22H,4,6-8,14,16-18H2,1H3,(H2,39,41)/b27-15-. The largest absolute Gasteiger partial charge is 0.462 e. The number of hydrogen-bond donors (Lipinski definition) is 1. The van der Waals surface area contributed by atoms with E-state index in [2.05, 4.69) is 19.9 Å². The van der Waals surface area contributed by atoms with Crippen LogP contribution in [0.5, 0.6) is 6.01 Å². The zero-order valence-electron chi connectivity index (χ0n) is 26.7. The summed E-state index contributed by atoms with van der Waals surface area (Å²) >= 11 is 1.00. The van der Waals surface area contributed by atoms with Gasteiger partial charge < -0.3 is 25.2 Å². The molecule has 3 atom stereocenters. The number of benzene rings is 2. The number of aromatic nitrogens is 4. The third-order valence-corrected chi connectivity index (χ3v) is 10.7. The predicted molar refractivity (Wildman–Crippen MR) is 183 cm³/mol. The van der Waals surface area contributed by atoms with Crippen molar-refractivity contribution in [2.24, 2.45) is 0 Å². The first-order valence-electron chi connectivity index (χ1n) is 16.3. The minimum atomic E-state index is -0.865. The second kappa shape index (κ2) is 12.6. The maximum Gasteiger partial charge on any atom is 0.319 e. The van der Waals surface area contributed by atoms with E-state index in [1.165, 1.54) is 12.1 Å². The summed E-state index contributed by atoms with van der Waals surface area (Å²) in [6, 6.07) is 10.9. The number of ether oxygens (including phenoxy) is 1. The molecular formula is C35H33F3N8O2S. The van der Waals surface area contributed by atoms with E-state index in [1.54, 1.807) is 41.4 Å². The number of pyridine rings is 1. The average Bonchev–Trinajstić information content (AvgIpc) is 3.78. The highest BCUT2D eigenvalue weighted by Crippen LogP contribution is 2.41. The Balaban J connectivity index is 1.16. The molecule has 3 fully saturated rings. The SMILES string of the molecule is CN1CCCC1COc1nc(N2CC3CCC(C2)N3C(=O)/C(F)=C/c2ccccn2)c2ccc(-c3ccc(F)c4sc(N)nc34)c(F)c2n1. The first-order chi connectivity index (χ1) is 23.7. The summed E-state index contributed by atoms with van der Waals surface area (Å²) in [4.78, 5) is 37.0. The first kappa shape index (κ1) is 31.4. The molecule has 5 aromatic rings. The van der Waals surface area contributed by atoms with Crippen LogP contribution in [0.3, 0.4) is 0 Å². The summed E-state index contributed by atoms with van der Waals surface area (Å²) in [5.41, 5.74) is 7.19. The third-order valence-electron chi connectivity index (χ3n) is 9.83. The van der Waals surface area contributed by atoms with Gasteiger partial charge in [-0.3, -0.25) is 9.78 Å². The topological polar surface area (TPSA) is 114 Å². The summed E-state index contributed by atoms with van der Waals surface area (Å²) in [6.07, 6.45) is 6.12. The van der Waals surface area contributed by atoms with E-state index in [-0.39, 0.29) is 50.6 Å². The molecule has 6 heterocycles. The molecule has 3 aliphatic heterocycles. The zero-order chi connectivity index (χ0) is 33.8. The van der Waals surface area contributed by atoms with Crippen molar-refractivity contribution in [1.29, 1.82) is 0 Å². The van der Waals surface area contributed by atoms with Crippen molar-refractivity contribution >= 4 is 55.4 Å². The number of hydrogen-bond acceptors (Lipinski definition) is 10. The average molecular weight is 687 g/mol. The monoisotopic (exact) mass is 686 g/mol. The van der Waals surface area contributed by atoms with Crippen LogP contribution in [-0.2, 0) is 4.79 Å². The van der Waals surface area contributed by atoms with Crippen molar-refractivity contribution in [2.45, 2.75) is 43.8 Å². The molecule has 10 nitrogen and oxygen atoms in total. The number of piperazine rings is 1. The number of nitrogen functional groups attached to an aromatic ring is 1. The number of likely N-dealkylation sites (N-methyl/N-ethyl adjacent to an activating group) is 1. The van der Waals surface area contributed by atoms with Gasteiger partial charge in [0.2, 0.25) is 0 Å². The predicted octanol–water partition coefficient (Wildman–Crippen LogP) is 5.83. The molecule has 0 spiro atoms. The van der Waals surface area contributed by atoms with Gasteiger partial charge in [0, 0.05) is 47.9 Å². The number of carbonyl (C=O) groups is 1. The fourth-order valence-electron chi connectivity index (χ4n) is 7.39. The van der Waals surface area contributed by atoms with Crippen molar-refractivity contribution in [2.75, 3.05) is 43.9 Å². The molecule has 2 N–H and O–H groups in total. The van der Waals surface area contributed by atoms with Crippen LogP contribution in [0.15, 0.2) is 54.5 Å². The van der Waals surface area contributed by atoms with Crippen LogP contribution >= 0.6 is 11.3 Å². The minimum absolute atomic E-state index is 0.0381.